The zero-order chi connectivity index (χ0) is 19.4. The highest BCUT2D eigenvalue weighted by Crippen LogP contribution is 2.22. The van der Waals surface area contributed by atoms with Gasteiger partial charge in [0.2, 0.25) is 0 Å². The van der Waals surface area contributed by atoms with Gasteiger partial charge in [0.15, 0.2) is 5.76 Å². The van der Waals surface area contributed by atoms with Crippen LogP contribution in [0.3, 0.4) is 0 Å². The molecule has 140 valence electrons. The number of hydrogen-bond donors (Lipinski definition) is 1. The number of nitrogens with one attached hydrogen (secondary N) is 1. The minimum Gasteiger partial charge on any atom is -0.485 e. The smallest absolute Gasteiger partial charge is 0.291 e. The van der Waals surface area contributed by atoms with Gasteiger partial charge in [0.05, 0.1) is 17.1 Å². The molecule has 0 fully saturated rings. The van der Waals surface area contributed by atoms with Crippen molar-refractivity contribution in [3.05, 3.63) is 77.5 Å². The molecule has 0 radical (unpaired) electrons. The number of hydrogen-bond acceptors (Lipinski definition) is 4. The first-order valence-corrected chi connectivity index (χ1v) is 8.71. The minimum absolute atomic E-state index is 0.232. The fraction of sp³-hybridized carbons (Fsp3) is 0.238. The predicted molar refractivity (Wildman–Crippen MR) is 104 cm³/mol. The van der Waals surface area contributed by atoms with Crippen molar-refractivity contribution in [2.75, 3.05) is 5.32 Å². The number of amides is 1. The van der Waals surface area contributed by atoms with Crippen LogP contribution < -0.4 is 10.1 Å². The highest BCUT2D eigenvalue weighted by Gasteiger charge is 2.17. The normalized spacial score (nSPS) is 10.6. The Balaban J connectivity index is 1.66. The number of anilines is 1. The zero-order valence-corrected chi connectivity index (χ0v) is 15.8. The monoisotopic (exact) mass is 365 g/mol. The Morgan fingerprint density at radius 2 is 2.07 bits per heavy atom. The van der Waals surface area contributed by atoms with Crippen LogP contribution in [0.5, 0.6) is 5.75 Å². The van der Waals surface area contributed by atoms with Gasteiger partial charge >= 0.3 is 0 Å². The van der Waals surface area contributed by atoms with Gasteiger partial charge in [-0.25, -0.2) is 0 Å². The van der Waals surface area contributed by atoms with Crippen molar-refractivity contribution in [1.82, 2.24) is 9.78 Å². The molecule has 27 heavy (non-hydrogen) atoms. The molecule has 3 rings (SSSR count). The standard InChI is InChI=1S/C21H23N3O3/c1-5-8-16-9-6-7-10-18(16)26-13-17-11-12-19(27-17)21(25)22-20-14(2)23-24(4)15(20)3/h5-7,9-12H,1,8,13H2,2-4H3,(H,22,25). The van der Waals surface area contributed by atoms with Gasteiger partial charge < -0.3 is 14.5 Å². The average molecular weight is 365 g/mol. The van der Waals surface area contributed by atoms with Gasteiger partial charge in [-0.15, -0.1) is 6.58 Å². The lowest BCUT2D eigenvalue weighted by molar-refractivity contribution is 0.0992. The van der Waals surface area contributed by atoms with E-state index in [1.54, 1.807) is 16.8 Å². The Labute approximate surface area is 158 Å². The molecule has 2 aromatic heterocycles. The summed E-state index contributed by atoms with van der Waals surface area (Å²) in [6, 6.07) is 11.2. The third kappa shape index (κ3) is 4.11. The van der Waals surface area contributed by atoms with Gasteiger partial charge in [-0.1, -0.05) is 24.3 Å². The molecule has 0 unspecified atom stereocenters. The van der Waals surface area contributed by atoms with Crippen LogP contribution in [-0.2, 0) is 20.1 Å². The maximum Gasteiger partial charge on any atom is 0.291 e. The molecule has 0 spiro atoms. The van der Waals surface area contributed by atoms with Crippen LogP contribution in [0.15, 0.2) is 53.5 Å². The van der Waals surface area contributed by atoms with Crippen LogP contribution >= 0.6 is 0 Å². The van der Waals surface area contributed by atoms with E-state index in [0.29, 0.717) is 11.4 Å². The van der Waals surface area contributed by atoms with Crippen molar-refractivity contribution in [1.29, 1.82) is 0 Å². The van der Waals surface area contributed by atoms with Crippen molar-refractivity contribution < 1.29 is 13.9 Å². The zero-order valence-electron chi connectivity index (χ0n) is 15.8. The molecule has 2 heterocycles. The Kier molecular flexibility index (Phi) is 5.45. The SMILES string of the molecule is C=CCc1ccccc1OCc1ccc(C(=O)Nc2c(C)nn(C)c2C)o1. The van der Waals surface area contributed by atoms with Crippen molar-refractivity contribution in [2.45, 2.75) is 26.9 Å². The van der Waals surface area contributed by atoms with Crippen molar-refractivity contribution >= 4 is 11.6 Å². The summed E-state index contributed by atoms with van der Waals surface area (Å²) in [4.78, 5) is 12.5. The van der Waals surface area contributed by atoms with Crippen LogP contribution in [0.4, 0.5) is 5.69 Å². The van der Waals surface area contributed by atoms with Crippen LogP contribution in [0.25, 0.3) is 0 Å². The summed E-state index contributed by atoms with van der Waals surface area (Å²) < 4.78 is 13.2. The largest absolute Gasteiger partial charge is 0.485 e. The van der Waals surface area contributed by atoms with Crippen molar-refractivity contribution in [2.24, 2.45) is 7.05 Å². The first kappa shape index (κ1) is 18.5. The maximum absolute atomic E-state index is 12.5. The number of aromatic nitrogens is 2. The van der Waals surface area contributed by atoms with Crippen LogP contribution in [-0.4, -0.2) is 15.7 Å². The first-order chi connectivity index (χ1) is 13.0. The second-order valence-electron chi connectivity index (χ2n) is 6.28. The second kappa shape index (κ2) is 7.95. The van der Waals surface area contributed by atoms with E-state index < -0.39 is 0 Å². The third-order valence-electron chi connectivity index (χ3n) is 4.34. The van der Waals surface area contributed by atoms with Crippen LogP contribution in [0, 0.1) is 13.8 Å². The van der Waals surface area contributed by atoms with Gasteiger partial charge in [-0.2, -0.15) is 5.10 Å². The van der Waals surface area contributed by atoms with E-state index in [1.807, 2.05) is 51.2 Å². The molecule has 0 aliphatic carbocycles. The number of benzene rings is 1. The molecular weight excluding hydrogens is 342 g/mol. The third-order valence-corrected chi connectivity index (χ3v) is 4.34. The molecule has 0 atom stereocenters. The summed E-state index contributed by atoms with van der Waals surface area (Å²) in [6.07, 6.45) is 2.56. The number of para-hydroxylation sites is 1. The summed E-state index contributed by atoms with van der Waals surface area (Å²) >= 11 is 0. The fourth-order valence-electron chi connectivity index (χ4n) is 2.82. The fourth-order valence-corrected chi connectivity index (χ4v) is 2.82. The molecule has 0 saturated carbocycles. The Bertz CT molecular complexity index is 969. The lowest BCUT2D eigenvalue weighted by atomic mass is 10.1. The number of rotatable bonds is 7. The number of aryl methyl sites for hydroxylation is 2. The Morgan fingerprint density at radius 3 is 2.78 bits per heavy atom. The van der Waals surface area contributed by atoms with E-state index in [-0.39, 0.29) is 18.3 Å². The summed E-state index contributed by atoms with van der Waals surface area (Å²) in [7, 11) is 1.84. The quantitative estimate of drug-likeness (QED) is 0.638. The molecule has 0 aliphatic heterocycles. The van der Waals surface area contributed by atoms with Gasteiger partial charge in [0.1, 0.15) is 18.1 Å². The van der Waals surface area contributed by atoms with E-state index in [1.165, 1.54) is 0 Å². The number of nitrogens with zero attached hydrogens (tertiary/aromatic N) is 2. The number of allylic oxidation sites excluding steroid dienone is 1. The highest BCUT2D eigenvalue weighted by molar-refractivity contribution is 6.02. The number of furan rings is 1. The maximum atomic E-state index is 12.5. The molecule has 1 N–H and O–H groups in total. The molecule has 6 nitrogen and oxygen atoms in total. The predicted octanol–water partition coefficient (Wildman–Crippen LogP) is 4.19. The molecule has 0 bridgehead atoms. The number of carbonyl (C=O) groups excluding carboxylic acids is 1. The second-order valence-corrected chi connectivity index (χ2v) is 6.28. The van der Waals surface area contributed by atoms with Gasteiger partial charge in [-0.3, -0.25) is 9.48 Å². The molecule has 6 heteroatoms. The van der Waals surface area contributed by atoms with Crippen molar-refractivity contribution in [3.63, 3.8) is 0 Å². The van der Waals surface area contributed by atoms with E-state index in [0.717, 1.165) is 29.1 Å². The highest BCUT2D eigenvalue weighted by atomic mass is 16.5. The molecule has 0 saturated heterocycles. The molecule has 1 amide bonds. The molecule has 3 aromatic rings. The van der Waals surface area contributed by atoms with Crippen molar-refractivity contribution in [3.8, 4) is 5.75 Å². The van der Waals surface area contributed by atoms with E-state index in [4.69, 9.17) is 9.15 Å². The lowest BCUT2D eigenvalue weighted by Crippen LogP contribution is -2.12. The molecular formula is C21H23N3O3. The van der Waals surface area contributed by atoms with E-state index >= 15 is 0 Å². The number of carbonyl (C=O) groups is 1. The Hall–Kier alpha value is -3.28. The van der Waals surface area contributed by atoms with Gasteiger partial charge in [0, 0.05) is 7.05 Å². The van der Waals surface area contributed by atoms with Crippen LogP contribution in [0.2, 0.25) is 0 Å². The van der Waals surface area contributed by atoms with Gasteiger partial charge in [-0.05, 0) is 44.0 Å². The van der Waals surface area contributed by atoms with E-state index in [2.05, 4.69) is 17.0 Å². The summed E-state index contributed by atoms with van der Waals surface area (Å²) in [6.45, 7) is 7.76. The summed E-state index contributed by atoms with van der Waals surface area (Å²) in [5.41, 5.74) is 3.40. The summed E-state index contributed by atoms with van der Waals surface area (Å²) in [5, 5.41) is 7.15. The number of ether oxygens (including phenoxy) is 1. The Morgan fingerprint density at radius 1 is 1.30 bits per heavy atom. The topological polar surface area (TPSA) is 69.3 Å². The first-order valence-electron chi connectivity index (χ1n) is 8.71. The lowest BCUT2D eigenvalue weighted by Gasteiger charge is -2.09. The minimum atomic E-state index is -0.312. The van der Waals surface area contributed by atoms with Gasteiger partial charge in [0.25, 0.3) is 5.91 Å². The average Bonchev–Trinajstić information content (AvgIpc) is 3.22. The molecule has 0 aliphatic rings. The summed E-state index contributed by atoms with van der Waals surface area (Å²) in [5.74, 6) is 1.28. The van der Waals surface area contributed by atoms with Crippen LogP contribution in [0.1, 0.15) is 33.3 Å². The molecule has 1 aromatic carbocycles. The van der Waals surface area contributed by atoms with E-state index in [9.17, 15) is 4.79 Å².